The van der Waals surface area contributed by atoms with Gasteiger partial charge in [0.15, 0.2) is 0 Å². The summed E-state index contributed by atoms with van der Waals surface area (Å²) in [5.74, 6) is 0.549. The van der Waals surface area contributed by atoms with E-state index in [-0.39, 0.29) is 17.0 Å². The summed E-state index contributed by atoms with van der Waals surface area (Å²) >= 11 is 0. The molecule has 1 amide bonds. The Morgan fingerprint density at radius 3 is 2.72 bits per heavy atom. The van der Waals surface area contributed by atoms with Crippen LogP contribution in [-0.4, -0.2) is 48.2 Å². The van der Waals surface area contributed by atoms with Gasteiger partial charge in [0.1, 0.15) is 12.0 Å². The van der Waals surface area contributed by atoms with Gasteiger partial charge in [-0.25, -0.2) is 0 Å². The Morgan fingerprint density at radius 2 is 2.08 bits per heavy atom. The van der Waals surface area contributed by atoms with Crippen molar-refractivity contribution >= 4 is 5.91 Å². The minimum atomic E-state index is -0.132. The third-order valence-corrected chi connectivity index (χ3v) is 5.58. The van der Waals surface area contributed by atoms with E-state index in [1.807, 2.05) is 0 Å². The van der Waals surface area contributed by atoms with E-state index >= 15 is 0 Å². The number of hydrogen-bond acceptors (Lipinski definition) is 5. The molecule has 1 saturated heterocycles. The fourth-order valence-corrected chi connectivity index (χ4v) is 4.19. The van der Waals surface area contributed by atoms with Gasteiger partial charge in [-0.05, 0) is 32.8 Å². The van der Waals surface area contributed by atoms with Crippen LogP contribution in [0.1, 0.15) is 62.1 Å². The number of furan rings is 1. The molecule has 1 aromatic heterocycles. The van der Waals surface area contributed by atoms with Gasteiger partial charge in [0.05, 0.1) is 24.3 Å². The number of rotatable bonds is 5. The molecule has 1 saturated carbocycles. The summed E-state index contributed by atoms with van der Waals surface area (Å²) in [4.78, 5) is 15.1. The van der Waals surface area contributed by atoms with Crippen molar-refractivity contribution in [3.63, 3.8) is 0 Å². The lowest BCUT2D eigenvalue weighted by atomic mass is 9.79. The molecule has 2 heterocycles. The Morgan fingerprint density at radius 1 is 1.32 bits per heavy atom. The van der Waals surface area contributed by atoms with E-state index in [0.29, 0.717) is 24.4 Å². The van der Waals surface area contributed by atoms with Crippen LogP contribution in [-0.2, 0) is 11.3 Å². The fourth-order valence-electron chi connectivity index (χ4n) is 4.19. The lowest BCUT2D eigenvalue weighted by Gasteiger charge is -2.51. The second-order valence-corrected chi connectivity index (χ2v) is 8.00. The van der Waals surface area contributed by atoms with Crippen LogP contribution in [0, 0.1) is 0 Å². The number of hydrogen-bond donors (Lipinski definition) is 2. The zero-order valence-electron chi connectivity index (χ0n) is 15.5. The quantitative estimate of drug-likeness (QED) is 0.852. The third-order valence-electron chi connectivity index (χ3n) is 5.58. The lowest BCUT2D eigenvalue weighted by molar-refractivity contribution is -0.122. The van der Waals surface area contributed by atoms with E-state index in [2.05, 4.69) is 24.1 Å². The molecule has 3 N–H and O–H groups in total. The SMILES string of the molecule is CC1(C)CN(C2(CNC(=O)c3coc(CN)c3)CCCCC2)CCO1. The average Bonchev–Trinajstić information content (AvgIpc) is 3.09. The Balaban J connectivity index is 1.69. The highest BCUT2D eigenvalue weighted by Crippen LogP contribution is 2.36. The molecule has 140 valence electrons. The van der Waals surface area contributed by atoms with Gasteiger partial charge in [0.2, 0.25) is 0 Å². The highest BCUT2D eigenvalue weighted by molar-refractivity contribution is 5.94. The number of nitrogens with zero attached hydrogens (tertiary/aromatic N) is 1. The standard InChI is InChI=1S/C19H31N3O3/c1-18(2)14-22(8-9-25-18)19(6-4-3-5-7-19)13-21-17(23)15-10-16(11-20)24-12-15/h10,12H,3-9,11,13-14,20H2,1-2H3,(H,21,23). The minimum absolute atomic E-state index is 0.0371. The Hall–Kier alpha value is -1.37. The van der Waals surface area contributed by atoms with Gasteiger partial charge in [-0.3, -0.25) is 9.69 Å². The van der Waals surface area contributed by atoms with Gasteiger partial charge >= 0.3 is 0 Å². The van der Waals surface area contributed by atoms with Gasteiger partial charge < -0.3 is 20.2 Å². The second kappa shape index (κ2) is 7.48. The summed E-state index contributed by atoms with van der Waals surface area (Å²) in [7, 11) is 0. The molecular weight excluding hydrogens is 318 g/mol. The number of nitrogens with two attached hydrogens (primary N) is 1. The summed E-state index contributed by atoms with van der Waals surface area (Å²) in [5.41, 5.74) is 6.01. The summed E-state index contributed by atoms with van der Waals surface area (Å²) in [6.45, 7) is 7.87. The molecular formula is C19H31N3O3. The zero-order valence-corrected chi connectivity index (χ0v) is 15.5. The molecule has 0 aromatic carbocycles. The van der Waals surface area contributed by atoms with Crippen molar-refractivity contribution in [1.82, 2.24) is 10.2 Å². The molecule has 1 aliphatic heterocycles. The van der Waals surface area contributed by atoms with Gasteiger partial charge in [-0.15, -0.1) is 0 Å². The first-order valence-corrected chi connectivity index (χ1v) is 9.39. The molecule has 25 heavy (non-hydrogen) atoms. The first-order chi connectivity index (χ1) is 11.9. The lowest BCUT2D eigenvalue weighted by Crippen LogP contribution is -2.63. The van der Waals surface area contributed by atoms with Crippen LogP contribution >= 0.6 is 0 Å². The maximum atomic E-state index is 12.5. The first-order valence-electron chi connectivity index (χ1n) is 9.39. The summed E-state index contributed by atoms with van der Waals surface area (Å²) in [5, 5.41) is 3.15. The van der Waals surface area contributed by atoms with E-state index in [4.69, 9.17) is 14.9 Å². The van der Waals surface area contributed by atoms with Crippen LogP contribution in [0.4, 0.5) is 0 Å². The van der Waals surface area contributed by atoms with Gasteiger partial charge in [-0.1, -0.05) is 19.3 Å². The molecule has 3 rings (SSSR count). The largest absolute Gasteiger partial charge is 0.467 e. The molecule has 6 heteroatoms. The molecule has 1 aliphatic carbocycles. The highest BCUT2D eigenvalue weighted by atomic mass is 16.5. The summed E-state index contributed by atoms with van der Waals surface area (Å²) in [6, 6.07) is 1.72. The van der Waals surface area contributed by atoms with Crippen molar-refractivity contribution in [2.24, 2.45) is 5.73 Å². The van der Waals surface area contributed by atoms with Gasteiger partial charge in [-0.2, -0.15) is 0 Å². The zero-order chi connectivity index (χ0) is 17.9. The van der Waals surface area contributed by atoms with Crippen LogP contribution in [0.3, 0.4) is 0 Å². The molecule has 2 aliphatic rings. The number of carbonyl (C=O) groups excluding carboxylic acids is 1. The van der Waals surface area contributed by atoms with Crippen LogP contribution < -0.4 is 11.1 Å². The van der Waals surface area contributed by atoms with E-state index < -0.39 is 0 Å². The summed E-state index contributed by atoms with van der Waals surface area (Å²) in [6.07, 6.45) is 7.47. The maximum Gasteiger partial charge on any atom is 0.254 e. The van der Waals surface area contributed by atoms with Crippen LogP contribution in [0.25, 0.3) is 0 Å². The maximum absolute atomic E-state index is 12.5. The van der Waals surface area contributed by atoms with Crippen molar-refractivity contribution in [3.8, 4) is 0 Å². The molecule has 6 nitrogen and oxygen atoms in total. The van der Waals surface area contributed by atoms with E-state index in [0.717, 1.165) is 32.5 Å². The van der Waals surface area contributed by atoms with E-state index in [9.17, 15) is 4.79 Å². The minimum Gasteiger partial charge on any atom is -0.467 e. The van der Waals surface area contributed by atoms with Crippen LogP contribution in [0.15, 0.2) is 16.7 Å². The molecule has 1 aromatic rings. The van der Waals surface area contributed by atoms with Gasteiger partial charge in [0.25, 0.3) is 5.91 Å². The number of amides is 1. The molecule has 0 bridgehead atoms. The highest BCUT2D eigenvalue weighted by Gasteiger charge is 2.42. The fraction of sp³-hybridized carbons (Fsp3) is 0.737. The van der Waals surface area contributed by atoms with E-state index in [1.165, 1.54) is 25.5 Å². The van der Waals surface area contributed by atoms with Crippen molar-refractivity contribution in [1.29, 1.82) is 0 Å². The topological polar surface area (TPSA) is 80.7 Å². The number of morpholine rings is 1. The number of carbonyl (C=O) groups is 1. The predicted molar refractivity (Wildman–Crippen MR) is 96.4 cm³/mol. The van der Waals surface area contributed by atoms with Crippen molar-refractivity contribution < 1.29 is 13.9 Å². The smallest absolute Gasteiger partial charge is 0.254 e. The first kappa shape index (κ1) is 18.4. The van der Waals surface area contributed by atoms with Crippen molar-refractivity contribution in [3.05, 3.63) is 23.7 Å². The second-order valence-electron chi connectivity index (χ2n) is 8.00. The Kier molecular flexibility index (Phi) is 5.51. The number of nitrogens with one attached hydrogen (secondary N) is 1. The molecule has 0 unspecified atom stereocenters. The Labute approximate surface area is 150 Å². The molecule has 2 fully saturated rings. The van der Waals surface area contributed by atoms with Crippen molar-refractivity contribution in [2.45, 2.75) is 63.6 Å². The van der Waals surface area contributed by atoms with E-state index in [1.54, 1.807) is 6.07 Å². The molecule has 0 spiro atoms. The normalized spacial score (nSPS) is 23.3. The van der Waals surface area contributed by atoms with Crippen molar-refractivity contribution in [2.75, 3.05) is 26.2 Å². The monoisotopic (exact) mass is 349 g/mol. The molecule has 0 radical (unpaired) electrons. The van der Waals surface area contributed by atoms with Crippen LogP contribution in [0.5, 0.6) is 0 Å². The average molecular weight is 349 g/mol. The number of ether oxygens (including phenoxy) is 1. The van der Waals surface area contributed by atoms with Gasteiger partial charge in [0, 0.05) is 25.2 Å². The predicted octanol–water partition coefficient (Wildman–Crippen LogP) is 2.28. The van der Waals surface area contributed by atoms with Crippen LogP contribution in [0.2, 0.25) is 0 Å². The summed E-state index contributed by atoms with van der Waals surface area (Å²) < 4.78 is 11.2. The Bertz CT molecular complexity index is 590. The third kappa shape index (κ3) is 4.25. The molecule has 0 atom stereocenters.